The molecule has 1 saturated carbocycles. The molecular weight excluding hydrogens is 254 g/mol. The van der Waals surface area contributed by atoms with E-state index < -0.39 is 0 Å². The number of anilines is 1. The van der Waals surface area contributed by atoms with E-state index in [1.165, 1.54) is 31.7 Å². The molecule has 2 N–H and O–H groups in total. The quantitative estimate of drug-likeness (QED) is 0.521. The minimum atomic E-state index is -0.370. The third-order valence-electron chi connectivity index (χ3n) is 4.37. The molecule has 1 aromatic carbocycles. The van der Waals surface area contributed by atoms with Crippen LogP contribution in [0.25, 0.3) is 0 Å². The first-order valence-corrected chi connectivity index (χ1v) is 7.20. The summed E-state index contributed by atoms with van der Waals surface area (Å²) in [6.45, 7) is 2.97. The van der Waals surface area contributed by atoms with Crippen molar-refractivity contribution in [3.8, 4) is 0 Å². The number of rotatable bonds is 4. The van der Waals surface area contributed by atoms with Gasteiger partial charge in [-0.05, 0) is 50.3 Å². The highest BCUT2D eigenvalue weighted by atomic mass is 16.6. The first-order chi connectivity index (χ1) is 9.47. The van der Waals surface area contributed by atoms with E-state index in [9.17, 15) is 10.1 Å². The largest absolute Gasteiger partial charge is 0.398 e. The van der Waals surface area contributed by atoms with Crippen molar-refractivity contribution in [1.29, 1.82) is 0 Å². The molecule has 110 valence electrons. The maximum absolute atomic E-state index is 10.8. The highest BCUT2D eigenvalue weighted by molar-refractivity contribution is 5.52. The van der Waals surface area contributed by atoms with Crippen LogP contribution in [0, 0.1) is 16.0 Å². The van der Waals surface area contributed by atoms with Crippen LogP contribution in [-0.4, -0.2) is 22.9 Å². The number of nitrogens with two attached hydrogens (primary N) is 1. The molecule has 0 unspecified atom stereocenters. The average Bonchev–Trinajstić information content (AvgIpc) is 2.41. The molecule has 0 saturated heterocycles. The van der Waals surface area contributed by atoms with Gasteiger partial charge >= 0.3 is 0 Å². The van der Waals surface area contributed by atoms with Crippen molar-refractivity contribution >= 4 is 11.4 Å². The van der Waals surface area contributed by atoms with E-state index in [1.807, 2.05) is 0 Å². The number of nitro groups is 1. The van der Waals surface area contributed by atoms with Crippen LogP contribution in [0.5, 0.6) is 0 Å². The second-order valence-electron chi connectivity index (χ2n) is 5.97. The Morgan fingerprint density at radius 3 is 2.60 bits per heavy atom. The van der Waals surface area contributed by atoms with Crippen molar-refractivity contribution in [3.63, 3.8) is 0 Å². The Bertz CT molecular complexity index is 482. The first kappa shape index (κ1) is 14.8. The van der Waals surface area contributed by atoms with Gasteiger partial charge in [-0.2, -0.15) is 0 Å². The molecule has 1 aromatic rings. The number of hydrogen-bond donors (Lipinski definition) is 1. The lowest BCUT2D eigenvalue weighted by Gasteiger charge is -2.33. The number of nitrogens with zero attached hydrogens (tertiary/aromatic N) is 2. The Morgan fingerprint density at radius 2 is 2.00 bits per heavy atom. The molecule has 0 heterocycles. The van der Waals surface area contributed by atoms with Crippen molar-refractivity contribution in [3.05, 3.63) is 33.9 Å². The number of non-ortho nitro benzene ring substituents is 1. The molecule has 0 atom stereocenters. The summed E-state index contributed by atoms with van der Waals surface area (Å²) in [5.41, 5.74) is 7.53. The van der Waals surface area contributed by atoms with E-state index >= 15 is 0 Å². The third-order valence-corrected chi connectivity index (χ3v) is 4.37. The Morgan fingerprint density at radius 1 is 1.35 bits per heavy atom. The summed E-state index contributed by atoms with van der Waals surface area (Å²) in [6, 6.07) is 5.24. The molecule has 0 bridgehead atoms. The zero-order valence-electron chi connectivity index (χ0n) is 12.2. The average molecular weight is 277 g/mol. The van der Waals surface area contributed by atoms with E-state index in [-0.39, 0.29) is 10.6 Å². The zero-order valence-corrected chi connectivity index (χ0v) is 12.2. The molecule has 5 nitrogen and oxygen atoms in total. The van der Waals surface area contributed by atoms with Crippen molar-refractivity contribution < 1.29 is 4.92 Å². The molecule has 1 fully saturated rings. The number of benzene rings is 1. The SMILES string of the molecule is CC1CCC(N(C)Cc2cc([N+](=O)[O-])ccc2N)CC1. The predicted octanol–water partition coefficient (Wildman–Crippen LogP) is 3.19. The minimum Gasteiger partial charge on any atom is -0.398 e. The minimum absolute atomic E-state index is 0.111. The van der Waals surface area contributed by atoms with Gasteiger partial charge in [0.1, 0.15) is 0 Å². The van der Waals surface area contributed by atoms with E-state index in [1.54, 1.807) is 12.1 Å². The van der Waals surface area contributed by atoms with E-state index in [4.69, 9.17) is 5.73 Å². The summed E-state index contributed by atoms with van der Waals surface area (Å²) < 4.78 is 0. The van der Waals surface area contributed by atoms with Crippen LogP contribution in [0.1, 0.15) is 38.2 Å². The Balaban J connectivity index is 2.05. The molecule has 0 aliphatic heterocycles. The number of hydrogen-bond acceptors (Lipinski definition) is 4. The monoisotopic (exact) mass is 277 g/mol. The molecule has 1 aliphatic carbocycles. The Labute approximate surface area is 119 Å². The van der Waals surface area contributed by atoms with Gasteiger partial charge in [0, 0.05) is 30.4 Å². The summed E-state index contributed by atoms with van der Waals surface area (Å²) in [4.78, 5) is 12.7. The summed E-state index contributed by atoms with van der Waals surface area (Å²) in [5.74, 6) is 0.822. The third kappa shape index (κ3) is 3.48. The van der Waals surface area contributed by atoms with Crippen molar-refractivity contribution in [2.45, 2.75) is 45.2 Å². The molecule has 1 aliphatic rings. The second-order valence-corrected chi connectivity index (χ2v) is 5.97. The van der Waals surface area contributed by atoms with Crippen LogP contribution in [0.4, 0.5) is 11.4 Å². The highest BCUT2D eigenvalue weighted by Gasteiger charge is 2.22. The van der Waals surface area contributed by atoms with Gasteiger partial charge in [-0.1, -0.05) is 6.92 Å². The van der Waals surface area contributed by atoms with Crippen LogP contribution in [0.3, 0.4) is 0 Å². The summed E-state index contributed by atoms with van der Waals surface area (Å²) in [6.07, 6.45) is 4.93. The molecule has 0 aromatic heterocycles. The van der Waals surface area contributed by atoms with Gasteiger partial charge in [-0.25, -0.2) is 0 Å². The maximum atomic E-state index is 10.8. The maximum Gasteiger partial charge on any atom is 0.269 e. The Hall–Kier alpha value is -1.62. The van der Waals surface area contributed by atoms with Gasteiger partial charge in [0.2, 0.25) is 0 Å². The lowest BCUT2D eigenvalue weighted by Crippen LogP contribution is -2.34. The predicted molar refractivity (Wildman–Crippen MR) is 80.4 cm³/mol. The van der Waals surface area contributed by atoms with Crippen LogP contribution in [0.15, 0.2) is 18.2 Å². The summed E-state index contributed by atoms with van der Waals surface area (Å²) in [7, 11) is 2.08. The van der Waals surface area contributed by atoms with Crippen molar-refractivity contribution in [2.24, 2.45) is 5.92 Å². The van der Waals surface area contributed by atoms with Gasteiger partial charge in [-0.3, -0.25) is 15.0 Å². The molecule has 0 spiro atoms. The van der Waals surface area contributed by atoms with Crippen molar-refractivity contribution in [2.75, 3.05) is 12.8 Å². The number of nitro benzene ring substituents is 1. The lowest BCUT2D eigenvalue weighted by atomic mass is 9.86. The summed E-state index contributed by atoms with van der Waals surface area (Å²) in [5, 5.41) is 10.8. The van der Waals surface area contributed by atoms with Gasteiger partial charge in [0.05, 0.1) is 4.92 Å². The smallest absolute Gasteiger partial charge is 0.269 e. The topological polar surface area (TPSA) is 72.4 Å². The summed E-state index contributed by atoms with van der Waals surface area (Å²) >= 11 is 0. The standard InChI is InChI=1S/C15H23N3O2/c1-11-3-5-13(6-4-11)17(2)10-12-9-14(18(19)20)7-8-15(12)16/h7-9,11,13H,3-6,10,16H2,1-2H3. The van der Waals surface area contributed by atoms with Crippen LogP contribution >= 0.6 is 0 Å². The normalized spacial score (nSPS) is 22.9. The van der Waals surface area contributed by atoms with Crippen molar-refractivity contribution in [1.82, 2.24) is 4.90 Å². The highest BCUT2D eigenvalue weighted by Crippen LogP contribution is 2.28. The fraction of sp³-hybridized carbons (Fsp3) is 0.600. The van der Waals surface area contributed by atoms with Gasteiger partial charge in [0.15, 0.2) is 0 Å². The second kappa shape index (κ2) is 6.22. The van der Waals surface area contributed by atoms with E-state index in [0.717, 1.165) is 11.5 Å². The van der Waals surface area contributed by atoms with Gasteiger partial charge < -0.3 is 5.73 Å². The molecule has 0 amide bonds. The van der Waals surface area contributed by atoms with Gasteiger partial charge in [-0.15, -0.1) is 0 Å². The number of nitrogen functional groups attached to an aromatic ring is 1. The fourth-order valence-electron chi connectivity index (χ4n) is 2.92. The fourth-order valence-corrected chi connectivity index (χ4v) is 2.92. The zero-order chi connectivity index (χ0) is 14.7. The molecule has 0 radical (unpaired) electrons. The first-order valence-electron chi connectivity index (χ1n) is 7.20. The molecule has 5 heteroatoms. The lowest BCUT2D eigenvalue weighted by molar-refractivity contribution is -0.384. The molecular formula is C15H23N3O2. The van der Waals surface area contributed by atoms with Crippen LogP contribution in [0.2, 0.25) is 0 Å². The molecule has 2 rings (SSSR count). The van der Waals surface area contributed by atoms with Crippen LogP contribution in [-0.2, 0) is 6.54 Å². The molecule has 20 heavy (non-hydrogen) atoms. The van der Waals surface area contributed by atoms with Crippen LogP contribution < -0.4 is 5.73 Å². The van der Waals surface area contributed by atoms with Gasteiger partial charge in [0.25, 0.3) is 5.69 Å². The van der Waals surface area contributed by atoms with E-state index in [2.05, 4.69) is 18.9 Å². The van der Waals surface area contributed by atoms with E-state index in [0.29, 0.717) is 18.3 Å². The Kier molecular flexibility index (Phi) is 4.60.